The van der Waals surface area contributed by atoms with Gasteiger partial charge in [-0.1, -0.05) is 0 Å². The monoisotopic (exact) mass is 369 g/mol. The van der Waals surface area contributed by atoms with Crippen LogP contribution in [-0.2, 0) is 26.6 Å². The summed E-state index contributed by atoms with van der Waals surface area (Å²) >= 11 is 0. The number of hydrogen-bond donors (Lipinski definition) is 0. The minimum Gasteiger partial charge on any atom is -0.377 e. The van der Waals surface area contributed by atoms with E-state index in [1.807, 2.05) is 0 Å². The van der Waals surface area contributed by atoms with Gasteiger partial charge in [0.1, 0.15) is 0 Å². The molecule has 0 aliphatic heterocycles. The minimum atomic E-state index is -2.58. The Morgan fingerprint density at radius 2 is 0.870 bits per heavy atom. The molecule has 0 heterocycles. The molecule has 7 nitrogen and oxygen atoms in total. The van der Waals surface area contributed by atoms with Crippen LogP contribution >= 0.6 is 0 Å². The molecule has 0 fully saturated rings. The molecule has 0 amide bonds. The Bertz CT molecular complexity index is 278. The van der Waals surface area contributed by atoms with Gasteiger partial charge in [-0.15, -0.1) is 0 Å². The first-order chi connectivity index (χ1) is 10.7. The third-order valence-electron chi connectivity index (χ3n) is 4.19. The van der Waals surface area contributed by atoms with Gasteiger partial charge in [-0.25, -0.2) is 0 Å². The van der Waals surface area contributed by atoms with Crippen LogP contribution in [0.15, 0.2) is 0 Å². The van der Waals surface area contributed by atoms with Crippen LogP contribution in [0.5, 0.6) is 0 Å². The minimum absolute atomic E-state index is 0.00920. The van der Waals surface area contributed by atoms with Gasteiger partial charge in [0.25, 0.3) is 0 Å². The number of hydrogen-bond acceptors (Lipinski definition) is 7. The predicted molar refractivity (Wildman–Crippen MR) is 94.5 cm³/mol. The molecule has 0 rings (SSSR count). The molecule has 0 bridgehead atoms. The third kappa shape index (κ3) is 6.88. The van der Waals surface area contributed by atoms with Crippen LogP contribution in [0.3, 0.4) is 0 Å². The highest BCUT2D eigenvalue weighted by Crippen LogP contribution is 2.22. The van der Waals surface area contributed by atoms with Gasteiger partial charge in [0, 0.05) is 73.4 Å². The average Bonchev–Trinajstić information content (AvgIpc) is 2.54. The molecule has 0 saturated heterocycles. The zero-order chi connectivity index (χ0) is 18.1. The summed E-state index contributed by atoms with van der Waals surface area (Å²) in [6, 6.07) is 1.44. The first-order valence-corrected chi connectivity index (χ1v) is 11.6. The molecule has 0 aliphatic rings. The van der Waals surface area contributed by atoms with Gasteiger partial charge in [-0.3, -0.25) is 4.90 Å². The van der Waals surface area contributed by atoms with Crippen LogP contribution in [-0.4, -0.2) is 83.8 Å². The van der Waals surface area contributed by atoms with E-state index in [2.05, 4.69) is 25.7 Å². The van der Waals surface area contributed by atoms with E-state index in [4.69, 9.17) is 26.6 Å². The van der Waals surface area contributed by atoms with Crippen molar-refractivity contribution in [3.8, 4) is 0 Å². The van der Waals surface area contributed by atoms with E-state index in [-0.39, 0.29) is 5.54 Å². The molecular formula is C14H35NO6Si2. The molecule has 0 radical (unpaired) electrons. The van der Waals surface area contributed by atoms with E-state index < -0.39 is 17.6 Å². The van der Waals surface area contributed by atoms with E-state index in [9.17, 15) is 0 Å². The summed E-state index contributed by atoms with van der Waals surface area (Å²) in [6.45, 7) is 8.13. The van der Waals surface area contributed by atoms with Crippen LogP contribution in [0.25, 0.3) is 0 Å². The fourth-order valence-electron chi connectivity index (χ4n) is 2.44. The molecular weight excluding hydrogens is 334 g/mol. The Balaban J connectivity index is 4.92. The Hall–Kier alpha value is 0.154. The van der Waals surface area contributed by atoms with Crippen molar-refractivity contribution < 1.29 is 26.6 Å². The SMILES string of the molecule is CO[Si](CCN(CC[Si](OC)(OC)OC)C(C)(C)C)(OC)OC. The van der Waals surface area contributed by atoms with Crippen LogP contribution in [0.1, 0.15) is 20.8 Å². The first-order valence-electron chi connectivity index (χ1n) is 7.74. The topological polar surface area (TPSA) is 58.6 Å². The van der Waals surface area contributed by atoms with Crippen molar-refractivity contribution in [1.82, 2.24) is 4.90 Å². The Kier molecular flexibility index (Phi) is 10.3. The fourth-order valence-corrected chi connectivity index (χ4v) is 5.75. The van der Waals surface area contributed by atoms with Crippen LogP contribution in [0.4, 0.5) is 0 Å². The highest BCUT2D eigenvalue weighted by Gasteiger charge is 2.41. The zero-order valence-electron chi connectivity index (χ0n) is 16.2. The maximum Gasteiger partial charge on any atom is 0.501 e. The van der Waals surface area contributed by atoms with Gasteiger partial charge in [-0.2, -0.15) is 0 Å². The molecule has 0 aliphatic carbocycles. The largest absolute Gasteiger partial charge is 0.501 e. The predicted octanol–water partition coefficient (Wildman–Crippen LogP) is 1.84. The van der Waals surface area contributed by atoms with E-state index in [0.29, 0.717) is 0 Å². The summed E-state index contributed by atoms with van der Waals surface area (Å²) < 4.78 is 33.1. The summed E-state index contributed by atoms with van der Waals surface area (Å²) in [5, 5.41) is 0. The smallest absolute Gasteiger partial charge is 0.377 e. The molecule has 0 aromatic rings. The lowest BCUT2D eigenvalue weighted by Gasteiger charge is -2.38. The molecule has 9 heteroatoms. The van der Waals surface area contributed by atoms with E-state index in [0.717, 1.165) is 25.2 Å². The first kappa shape index (κ1) is 23.2. The Morgan fingerprint density at radius 3 is 1.04 bits per heavy atom. The van der Waals surface area contributed by atoms with Crippen LogP contribution in [0, 0.1) is 0 Å². The lowest BCUT2D eigenvalue weighted by atomic mass is 10.1. The van der Waals surface area contributed by atoms with Gasteiger partial charge in [0.15, 0.2) is 0 Å². The molecule has 140 valence electrons. The number of nitrogens with zero attached hydrogens (tertiary/aromatic N) is 1. The lowest BCUT2D eigenvalue weighted by molar-refractivity contribution is 0.0925. The van der Waals surface area contributed by atoms with Crippen molar-refractivity contribution in [2.24, 2.45) is 0 Å². The Morgan fingerprint density at radius 1 is 0.609 bits per heavy atom. The van der Waals surface area contributed by atoms with Crippen molar-refractivity contribution in [3.63, 3.8) is 0 Å². The average molecular weight is 370 g/mol. The second kappa shape index (κ2) is 10.2. The van der Waals surface area contributed by atoms with Crippen molar-refractivity contribution in [1.29, 1.82) is 0 Å². The number of rotatable bonds is 12. The molecule has 0 atom stereocenters. The Labute approximate surface area is 143 Å². The van der Waals surface area contributed by atoms with Crippen LogP contribution in [0.2, 0.25) is 12.1 Å². The van der Waals surface area contributed by atoms with E-state index >= 15 is 0 Å². The van der Waals surface area contributed by atoms with Gasteiger partial charge in [0.2, 0.25) is 0 Å². The maximum absolute atomic E-state index is 5.51. The maximum atomic E-state index is 5.51. The fraction of sp³-hybridized carbons (Fsp3) is 1.00. The molecule has 0 spiro atoms. The zero-order valence-corrected chi connectivity index (χ0v) is 18.2. The van der Waals surface area contributed by atoms with Gasteiger partial charge < -0.3 is 26.6 Å². The summed E-state index contributed by atoms with van der Waals surface area (Å²) in [4.78, 5) is 2.35. The standard InChI is InChI=1S/C14H35NO6Si2/c1-14(2,3)15(10-12-22(16-4,17-5)18-6)11-13-23(19-7,20-8)21-9/h10-13H2,1-9H3. The van der Waals surface area contributed by atoms with Crippen molar-refractivity contribution in [3.05, 3.63) is 0 Å². The second-order valence-electron chi connectivity index (χ2n) is 6.25. The van der Waals surface area contributed by atoms with E-state index in [1.165, 1.54) is 0 Å². The van der Waals surface area contributed by atoms with Gasteiger partial charge >= 0.3 is 17.6 Å². The normalized spacial score (nSPS) is 13.8. The lowest BCUT2D eigenvalue weighted by Crippen LogP contribution is -2.52. The molecule has 23 heavy (non-hydrogen) atoms. The summed E-state index contributed by atoms with van der Waals surface area (Å²) in [7, 11) is 4.66. The van der Waals surface area contributed by atoms with Crippen molar-refractivity contribution in [2.45, 2.75) is 38.4 Å². The highest BCUT2D eigenvalue weighted by atomic mass is 28.4. The molecule has 0 N–H and O–H groups in total. The van der Waals surface area contributed by atoms with Gasteiger partial charge in [0.05, 0.1) is 0 Å². The van der Waals surface area contributed by atoms with E-state index in [1.54, 1.807) is 42.7 Å². The molecule has 0 aromatic heterocycles. The van der Waals surface area contributed by atoms with Gasteiger partial charge in [-0.05, 0) is 20.8 Å². The molecule has 0 aromatic carbocycles. The quantitative estimate of drug-likeness (QED) is 0.487. The molecule has 0 saturated carbocycles. The van der Waals surface area contributed by atoms with Crippen molar-refractivity contribution in [2.75, 3.05) is 55.7 Å². The summed E-state index contributed by atoms with van der Waals surface area (Å²) in [6.07, 6.45) is 0. The summed E-state index contributed by atoms with van der Waals surface area (Å²) in [5.41, 5.74) is -0.00920. The molecule has 0 unspecified atom stereocenters. The summed E-state index contributed by atoms with van der Waals surface area (Å²) in [5.74, 6) is 0. The highest BCUT2D eigenvalue weighted by molar-refractivity contribution is 6.61. The second-order valence-corrected chi connectivity index (χ2v) is 12.4. The third-order valence-corrected chi connectivity index (χ3v) is 9.59. The van der Waals surface area contributed by atoms with Crippen LogP contribution < -0.4 is 0 Å². The van der Waals surface area contributed by atoms with Crippen molar-refractivity contribution >= 4 is 17.6 Å².